The van der Waals surface area contributed by atoms with E-state index < -0.39 is 0 Å². The highest BCUT2D eigenvalue weighted by molar-refractivity contribution is 6.41. The maximum Gasteiger partial charge on any atom is -0.0000710 e. The average Bonchev–Trinajstić information content (AvgIpc) is 3.41. The van der Waals surface area contributed by atoms with Crippen LogP contribution >= 0.6 is 0 Å². The van der Waals surface area contributed by atoms with E-state index in [0.717, 1.165) is 0 Å². The summed E-state index contributed by atoms with van der Waals surface area (Å²) < 4.78 is 0. The van der Waals surface area contributed by atoms with Crippen LogP contribution in [0.2, 0.25) is 0 Å². The molecule has 12 aromatic carbocycles. The van der Waals surface area contributed by atoms with Gasteiger partial charge in [-0.05, 0) is 121 Å². The van der Waals surface area contributed by atoms with Gasteiger partial charge in [-0.1, -0.05) is 267 Å². The van der Waals surface area contributed by atoms with E-state index in [4.69, 9.17) is 0 Å². The summed E-state index contributed by atoms with van der Waals surface area (Å²) in [7, 11) is 0. The summed E-state index contributed by atoms with van der Waals surface area (Å²) in [6.07, 6.45) is 0. The summed E-state index contributed by atoms with van der Waals surface area (Å²) >= 11 is 0. The lowest BCUT2D eigenvalue weighted by molar-refractivity contribution is 1.56. The van der Waals surface area contributed by atoms with Crippen molar-refractivity contribution in [3.8, 4) is 89.0 Å². The van der Waals surface area contributed by atoms with Gasteiger partial charge in [0.15, 0.2) is 0 Å². The van der Waals surface area contributed by atoms with Crippen molar-refractivity contribution in [1.82, 2.24) is 0 Å². The predicted octanol–water partition coefficient (Wildman–Crippen LogP) is 18.5. The largest absolute Gasteiger partial charge is 0.0622 e. The van der Waals surface area contributed by atoms with Crippen LogP contribution in [0.1, 0.15) is 0 Å². The van der Waals surface area contributed by atoms with E-state index >= 15 is 0 Å². The van der Waals surface area contributed by atoms with Crippen LogP contribution < -0.4 is 0 Å². The van der Waals surface area contributed by atoms with Gasteiger partial charge in [0, 0.05) is 0 Å². The highest BCUT2D eigenvalue weighted by atomic mass is 14.3. The molecule has 12 aromatic rings. The molecule has 0 spiro atoms. The summed E-state index contributed by atoms with van der Waals surface area (Å²) in [5.74, 6) is 0. The number of hydrogen-bond acceptors (Lipinski definition) is 0. The Morgan fingerprint density at radius 3 is 0.470 bits per heavy atom. The van der Waals surface area contributed by atoms with Crippen LogP contribution in [0.4, 0.5) is 0 Å². The Labute approximate surface area is 386 Å². The zero-order valence-corrected chi connectivity index (χ0v) is 36.4. The lowest BCUT2D eigenvalue weighted by Crippen LogP contribution is -2.02. The molecule has 0 fully saturated rings. The molecule has 0 radical (unpaired) electrons. The minimum absolute atomic E-state index is 1.17. The molecule has 0 saturated heterocycles. The Morgan fingerprint density at radius 1 is 0.121 bits per heavy atom. The first-order valence-electron chi connectivity index (χ1n) is 22.9. The van der Waals surface area contributed by atoms with Crippen LogP contribution in [-0.2, 0) is 0 Å². The minimum atomic E-state index is 1.17. The maximum absolute atomic E-state index is 2.37. The van der Waals surface area contributed by atoms with Crippen LogP contribution in [0.5, 0.6) is 0 Å². The fourth-order valence-corrected chi connectivity index (χ4v) is 10.6. The van der Waals surface area contributed by atoms with Crippen molar-refractivity contribution in [2.24, 2.45) is 0 Å². The first kappa shape index (κ1) is 39.0. The Kier molecular flexibility index (Phi) is 9.97. The lowest BCUT2D eigenvalue weighted by atomic mass is 9.72. The van der Waals surface area contributed by atoms with Crippen LogP contribution in [0.25, 0.3) is 121 Å². The highest BCUT2D eigenvalue weighted by Gasteiger charge is 2.32. The van der Waals surface area contributed by atoms with Gasteiger partial charge in [-0.15, -0.1) is 0 Å². The SMILES string of the molecule is c1ccc(-c2c(-c3ccccc3)c(-c3ccccc3)c3c(c2-c2ccccc2)c2ccccc2c2c(-c4ccccc4)c(-c4ccccc4)c(-c4ccccc4)c(-c4ccccc4)c23)cc1. The van der Waals surface area contributed by atoms with Gasteiger partial charge >= 0.3 is 0 Å². The highest BCUT2D eigenvalue weighted by Crippen LogP contribution is 2.60. The van der Waals surface area contributed by atoms with E-state index in [2.05, 4.69) is 267 Å². The van der Waals surface area contributed by atoms with Crippen molar-refractivity contribution in [3.63, 3.8) is 0 Å². The van der Waals surface area contributed by atoms with Crippen molar-refractivity contribution in [3.05, 3.63) is 267 Å². The molecule has 0 amide bonds. The standard InChI is InChI=1S/C66H44/c1-9-27-45(28-10-1)55-57(47-31-13-3-14-32-47)61(51-39-21-7-22-40-51)65-63(59(55)49-35-17-5-18-36-49)53-43-25-26-44-54(53)64-60(50-37-19-6-20-38-50)56(46-29-11-2-12-30-46)58(48-33-15-4-16-34-48)62(66(64)65)52-41-23-8-24-42-52/h1-44H. The summed E-state index contributed by atoms with van der Waals surface area (Å²) in [5.41, 5.74) is 19.1. The topological polar surface area (TPSA) is 0 Å². The third kappa shape index (κ3) is 6.54. The molecule has 0 atom stereocenters. The molecule has 0 heteroatoms. The fraction of sp³-hybridized carbons (Fsp3) is 0. The molecular formula is C66H44. The van der Waals surface area contributed by atoms with Gasteiger partial charge in [-0.3, -0.25) is 0 Å². The van der Waals surface area contributed by atoms with Crippen molar-refractivity contribution in [2.45, 2.75) is 0 Å². The molecule has 0 aliphatic rings. The zero-order valence-electron chi connectivity index (χ0n) is 36.4. The van der Waals surface area contributed by atoms with Gasteiger partial charge in [-0.2, -0.15) is 0 Å². The summed E-state index contributed by atoms with van der Waals surface area (Å²) in [6.45, 7) is 0. The molecule has 0 bridgehead atoms. The van der Waals surface area contributed by atoms with E-state index in [0.29, 0.717) is 0 Å². The minimum Gasteiger partial charge on any atom is -0.0622 e. The van der Waals surface area contributed by atoms with E-state index in [9.17, 15) is 0 Å². The summed E-state index contributed by atoms with van der Waals surface area (Å²) in [6, 6.07) is 98.1. The molecule has 0 aliphatic heterocycles. The number of rotatable bonds is 8. The first-order chi connectivity index (χ1) is 32.8. The molecule has 0 aromatic heterocycles. The van der Waals surface area contributed by atoms with Gasteiger partial charge in [0.25, 0.3) is 0 Å². The first-order valence-corrected chi connectivity index (χ1v) is 22.9. The maximum atomic E-state index is 2.37. The monoisotopic (exact) mass is 836 g/mol. The fourth-order valence-electron chi connectivity index (χ4n) is 10.6. The molecule has 66 heavy (non-hydrogen) atoms. The zero-order chi connectivity index (χ0) is 43.8. The average molecular weight is 837 g/mol. The van der Waals surface area contributed by atoms with Crippen molar-refractivity contribution in [2.75, 3.05) is 0 Å². The van der Waals surface area contributed by atoms with Crippen LogP contribution in [-0.4, -0.2) is 0 Å². The third-order valence-electron chi connectivity index (χ3n) is 13.2. The molecule has 308 valence electrons. The van der Waals surface area contributed by atoms with E-state index in [1.165, 1.54) is 121 Å². The van der Waals surface area contributed by atoms with Gasteiger partial charge in [-0.25, -0.2) is 0 Å². The second-order valence-electron chi connectivity index (χ2n) is 17.0. The Balaban J connectivity index is 1.52. The van der Waals surface area contributed by atoms with Crippen molar-refractivity contribution >= 4 is 32.3 Å². The molecule has 0 saturated carbocycles. The van der Waals surface area contributed by atoms with E-state index in [1.807, 2.05) is 0 Å². The van der Waals surface area contributed by atoms with E-state index in [-0.39, 0.29) is 0 Å². The normalized spacial score (nSPS) is 11.3. The van der Waals surface area contributed by atoms with Crippen LogP contribution in [0, 0.1) is 0 Å². The molecule has 0 nitrogen and oxygen atoms in total. The van der Waals surface area contributed by atoms with Crippen molar-refractivity contribution < 1.29 is 0 Å². The third-order valence-corrected chi connectivity index (χ3v) is 13.2. The van der Waals surface area contributed by atoms with Gasteiger partial charge < -0.3 is 0 Å². The molecule has 0 heterocycles. The number of fused-ring (bicyclic) bond motifs is 6. The molecule has 0 N–H and O–H groups in total. The number of benzene rings is 12. The number of hydrogen-bond donors (Lipinski definition) is 0. The summed E-state index contributed by atoms with van der Waals surface area (Å²) in [5, 5.41) is 7.39. The molecular weight excluding hydrogens is 793 g/mol. The Hall–Kier alpha value is -8.58. The smallest absolute Gasteiger partial charge is 0.0000710 e. The van der Waals surface area contributed by atoms with Crippen LogP contribution in [0.15, 0.2) is 267 Å². The van der Waals surface area contributed by atoms with Crippen LogP contribution in [0.3, 0.4) is 0 Å². The van der Waals surface area contributed by atoms with Gasteiger partial charge in [0.05, 0.1) is 0 Å². The summed E-state index contributed by atoms with van der Waals surface area (Å²) in [4.78, 5) is 0. The van der Waals surface area contributed by atoms with Gasteiger partial charge in [0.1, 0.15) is 0 Å². The predicted molar refractivity (Wildman–Crippen MR) is 282 cm³/mol. The van der Waals surface area contributed by atoms with Gasteiger partial charge in [0.2, 0.25) is 0 Å². The lowest BCUT2D eigenvalue weighted by Gasteiger charge is -2.30. The Bertz CT molecular complexity index is 3410. The molecule has 0 unspecified atom stereocenters. The molecule has 0 aliphatic carbocycles. The Morgan fingerprint density at radius 2 is 0.273 bits per heavy atom. The van der Waals surface area contributed by atoms with E-state index in [1.54, 1.807) is 0 Å². The second kappa shape index (κ2) is 16.8. The second-order valence-corrected chi connectivity index (χ2v) is 17.0. The van der Waals surface area contributed by atoms with Crippen molar-refractivity contribution in [1.29, 1.82) is 0 Å². The quantitative estimate of drug-likeness (QED) is 0.134. The molecule has 12 rings (SSSR count).